The van der Waals surface area contributed by atoms with E-state index in [0.717, 1.165) is 33.5 Å². The zero-order valence-corrected chi connectivity index (χ0v) is 13.7. The van der Waals surface area contributed by atoms with Gasteiger partial charge in [0, 0.05) is 16.1 Å². The lowest BCUT2D eigenvalue weighted by atomic mass is 10.0. The molecule has 0 saturated carbocycles. The summed E-state index contributed by atoms with van der Waals surface area (Å²) in [6, 6.07) is 9.83. The van der Waals surface area contributed by atoms with E-state index in [2.05, 4.69) is 26.2 Å². The van der Waals surface area contributed by atoms with Crippen molar-refractivity contribution in [3.8, 4) is 5.00 Å². The Kier molecular flexibility index (Phi) is 3.13. The van der Waals surface area contributed by atoms with E-state index in [1.165, 1.54) is 0 Å². The van der Waals surface area contributed by atoms with Gasteiger partial charge in [-0.2, -0.15) is 0 Å². The van der Waals surface area contributed by atoms with E-state index in [1.54, 1.807) is 11.3 Å². The molecule has 2 aromatic heterocycles. The second-order valence-corrected chi connectivity index (χ2v) is 6.52. The molecule has 0 radical (unpaired) electrons. The highest BCUT2D eigenvalue weighted by Crippen LogP contribution is 2.34. The Balaban J connectivity index is 2.02. The summed E-state index contributed by atoms with van der Waals surface area (Å²) in [5.41, 5.74) is 2.94. The average molecular weight is 329 g/mol. The Morgan fingerprint density at radius 2 is 1.95 bits per heavy atom. The summed E-state index contributed by atoms with van der Waals surface area (Å²) in [6.07, 6.45) is 0. The van der Waals surface area contributed by atoms with E-state index in [-0.39, 0.29) is 6.04 Å². The number of hydrogen-bond donors (Lipinski definition) is 0. The second kappa shape index (κ2) is 5.04. The maximum Gasteiger partial charge on any atom is 0.162 e. The van der Waals surface area contributed by atoms with E-state index < -0.39 is 0 Å². The summed E-state index contributed by atoms with van der Waals surface area (Å²) in [6.45, 7) is 4.00. The van der Waals surface area contributed by atoms with Crippen LogP contribution in [0.5, 0.6) is 0 Å². The van der Waals surface area contributed by atoms with Gasteiger partial charge in [0.15, 0.2) is 5.82 Å². The highest BCUT2D eigenvalue weighted by atomic mass is 35.5. The van der Waals surface area contributed by atoms with Gasteiger partial charge in [0.2, 0.25) is 0 Å². The average Bonchev–Trinajstić information content (AvgIpc) is 3.09. The fourth-order valence-corrected chi connectivity index (χ4v) is 3.92. The van der Waals surface area contributed by atoms with E-state index in [0.29, 0.717) is 5.02 Å². The zero-order chi connectivity index (χ0) is 15.3. The Bertz CT molecular complexity index is 893. The lowest BCUT2D eigenvalue weighted by Gasteiger charge is -2.08. The minimum atomic E-state index is -0.0768. The van der Waals surface area contributed by atoms with E-state index >= 15 is 0 Å². The topological polar surface area (TPSA) is 43.1 Å². The van der Waals surface area contributed by atoms with Crippen molar-refractivity contribution < 1.29 is 0 Å². The van der Waals surface area contributed by atoms with Crippen molar-refractivity contribution >= 4 is 28.6 Å². The molecule has 1 unspecified atom stereocenters. The van der Waals surface area contributed by atoms with Gasteiger partial charge in [-0.3, -0.25) is 9.56 Å². The Labute approximate surface area is 137 Å². The SMILES string of the molecule is Cc1nnc2n1-c1sccc1C(c1ccccc1Cl)=NC2C. The first-order valence-corrected chi connectivity index (χ1v) is 8.25. The number of thiophene rings is 1. The molecular formula is C16H13ClN4S. The van der Waals surface area contributed by atoms with Gasteiger partial charge in [-0.05, 0) is 31.4 Å². The number of fused-ring (bicyclic) bond motifs is 3. The molecule has 4 rings (SSSR count). The van der Waals surface area contributed by atoms with Crippen molar-refractivity contribution in [2.75, 3.05) is 0 Å². The van der Waals surface area contributed by atoms with E-state index in [4.69, 9.17) is 16.6 Å². The van der Waals surface area contributed by atoms with Crippen LogP contribution in [0.2, 0.25) is 5.02 Å². The van der Waals surface area contributed by atoms with Crippen molar-refractivity contribution in [1.29, 1.82) is 0 Å². The summed E-state index contributed by atoms with van der Waals surface area (Å²) in [4.78, 5) is 4.89. The fraction of sp³-hybridized carbons (Fsp3) is 0.188. The standard InChI is InChI=1S/C16H13ClN4S/c1-9-15-20-19-10(2)21(15)16-12(7-8-22-16)14(18-9)11-5-3-4-6-13(11)17/h3-9H,1-2H3. The first-order valence-electron chi connectivity index (χ1n) is 6.99. The van der Waals surface area contributed by atoms with Crippen molar-refractivity contribution in [3.63, 3.8) is 0 Å². The first-order chi connectivity index (χ1) is 10.7. The third-order valence-corrected chi connectivity index (χ3v) is 5.01. The number of aromatic nitrogens is 3. The summed E-state index contributed by atoms with van der Waals surface area (Å²) >= 11 is 8.06. The molecule has 0 saturated heterocycles. The molecule has 1 aliphatic heterocycles. The number of nitrogens with zero attached hydrogens (tertiary/aromatic N) is 4. The highest BCUT2D eigenvalue weighted by Gasteiger charge is 2.27. The molecule has 0 amide bonds. The van der Waals surface area contributed by atoms with Gasteiger partial charge < -0.3 is 0 Å². The Hall–Kier alpha value is -1.98. The van der Waals surface area contributed by atoms with Crippen LogP contribution in [0.25, 0.3) is 5.00 Å². The quantitative estimate of drug-likeness (QED) is 0.671. The second-order valence-electron chi connectivity index (χ2n) is 5.21. The molecule has 3 aromatic rings. The monoisotopic (exact) mass is 328 g/mol. The zero-order valence-electron chi connectivity index (χ0n) is 12.1. The Morgan fingerprint density at radius 1 is 1.14 bits per heavy atom. The van der Waals surface area contributed by atoms with Crippen molar-refractivity contribution in [2.45, 2.75) is 19.9 Å². The van der Waals surface area contributed by atoms with Gasteiger partial charge in [-0.25, -0.2) is 0 Å². The molecule has 1 atom stereocenters. The third kappa shape index (κ3) is 1.93. The van der Waals surface area contributed by atoms with E-state index in [9.17, 15) is 0 Å². The van der Waals surface area contributed by atoms with Gasteiger partial charge in [-0.15, -0.1) is 21.5 Å². The van der Waals surface area contributed by atoms with Crippen molar-refractivity contribution in [1.82, 2.24) is 14.8 Å². The molecule has 110 valence electrons. The Morgan fingerprint density at radius 3 is 2.77 bits per heavy atom. The lowest BCUT2D eigenvalue weighted by Crippen LogP contribution is -2.05. The largest absolute Gasteiger partial charge is 0.273 e. The fourth-order valence-electron chi connectivity index (χ4n) is 2.74. The van der Waals surface area contributed by atoms with Crippen molar-refractivity contribution in [3.05, 3.63) is 63.5 Å². The van der Waals surface area contributed by atoms with E-state index in [1.807, 2.05) is 38.1 Å². The minimum absolute atomic E-state index is 0.0768. The summed E-state index contributed by atoms with van der Waals surface area (Å²) in [7, 11) is 0. The van der Waals surface area contributed by atoms with Crippen LogP contribution in [0, 0.1) is 6.92 Å². The highest BCUT2D eigenvalue weighted by molar-refractivity contribution is 7.13. The molecular weight excluding hydrogens is 316 g/mol. The molecule has 3 heterocycles. The molecule has 0 aliphatic carbocycles. The smallest absolute Gasteiger partial charge is 0.162 e. The molecule has 1 aliphatic rings. The number of aliphatic imine (C=N–C) groups is 1. The first kappa shape index (κ1) is 13.7. The van der Waals surface area contributed by atoms with Gasteiger partial charge in [0.05, 0.1) is 5.71 Å². The molecule has 0 fully saturated rings. The van der Waals surface area contributed by atoms with Crippen molar-refractivity contribution in [2.24, 2.45) is 4.99 Å². The maximum atomic E-state index is 6.40. The molecule has 4 nitrogen and oxygen atoms in total. The van der Waals surface area contributed by atoms with Crippen LogP contribution >= 0.6 is 22.9 Å². The molecule has 0 N–H and O–H groups in total. The van der Waals surface area contributed by atoms with Crippen LogP contribution in [0.4, 0.5) is 0 Å². The van der Waals surface area contributed by atoms with Gasteiger partial charge in [0.1, 0.15) is 16.9 Å². The lowest BCUT2D eigenvalue weighted by molar-refractivity contribution is 0.724. The summed E-state index contributed by atoms with van der Waals surface area (Å²) in [5.74, 6) is 1.74. The maximum absolute atomic E-state index is 6.40. The van der Waals surface area contributed by atoms with Gasteiger partial charge in [-0.1, -0.05) is 29.8 Å². The number of benzene rings is 1. The number of aryl methyl sites for hydroxylation is 1. The third-order valence-electron chi connectivity index (χ3n) is 3.78. The predicted octanol–water partition coefficient (Wildman–Crippen LogP) is 4.20. The molecule has 6 heteroatoms. The number of rotatable bonds is 1. The van der Waals surface area contributed by atoms with Crippen LogP contribution in [-0.2, 0) is 0 Å². The molecule has 0 spiro atoms. The normalized spacial score (nSPS) is 16.7. The summed E-state index contributed by atoms with van der Waals surface area (Å²) < 4.78 is 2.10. The number of hydrogen-bond acceptors (Lipinski definition) is 4. The van der Waals surface area contributed by atoms with Gasteiger partial charge in [0.25, 0.3) is 0 Å². The van der Waals surface area contributed by atoms with Crippen LogP contribution < -0.4 is 0 Å². The van der Waals surface area contributed by atoms with Gasteiger partial charge >= 0.3 is 0 Å². The minimum Gasteiger partial charge on any atom is -0.273 e. The predicted molar refractivity (Wildman–Crippen MR) is 89.5 cm³/mol. The van der Waals surface area contributed by atoms with Crippen LogP contribution in [-0.4, -0.2) is 20.5 Å². The molecule has 0 bridgehead atoms. The summed E-state index contributed by atoms with van der Waals surface area (Å²) in [5, 5.41) is 12.4. The van der Waals surface area contributed by atoms with Crippen LogP contribution in [0.15, 0.2) is 40.7 Å². The number of halogens is 1. The molecule has 1 aromatic carbocycles. The van der Waals surface area contributed by atoms with Crippen LogP contribution in [0.1, 0.15) is 35.7 Å². The molecule has 22 heavy (non-hydrogen) atoms. The van der Waals surface area contributed by atoms with Crippen LogP contribution in [0.3, 0.4) is 0 Å².